The molecular formula is C5H7NO6S. The quantitative estimate of drug-likeness (QED) is 0.337. The highest BCUT2D eigenvalue weighted by atomic mass is 32.2. The summed E-state index contributed by atoms with van der Waals surface area (Å²) in [6.45, 7) is -0.0430. The highest BCUT2D eigenvalue weighted by molar-refractivity contribution is 7.73. The van der Waals surface area contributed by atoms with Crippen molar-refractivity contribution in [2.45, 2.75) is 0 Å². The number of hydrogen-bond donors (Lipinski definition) is 3. The van der Waals surface area contributed by atoms with Crippen molar-refractivity contribution < 1.29 is 28.2 Å². The number of aliphatic carboxylic acids is 1. The lowest BCUT2D eigenvalue weighted by Crippen LogP contribution is -2.53. The van der Waals surface area contributed by atoms with Gasteiger partial charge in [-0.1, -0.05) is 0 Å². The van der Waals surface area contributed by atoms with E-state index in [9.17, 15) is 13.2 Å². The molecule has 0 bridgehead atoms. The zero-order valence-corrected chi connectivity index (χ0v) is 7.11. The zero-order valence-electron chi connectivity index (χ0n) is 6.30. The van der Waals surface area contributed by atoms with Gasteiger partial charge in [-0.05, 0) is 0 Å². The predicted molar refractivity (Wildman–Crippen MR) is 41.7 cm³/mol. The van der Waals surface area contributed by atoms with Crippen LogP contribution in [0.25, 0.3) is 0 Å². The molecule has 74 valence electrons. The van der Waals surface area contributed by atoms with Gasteiger partial charge in [0.05, 0.1) is 0 Å². The Bertz CT molecular complexity index is 323. The van der Waals surface area contributed by atoms with Crippen molar-refractivity contribution in [3.05, 3.63) is 0 Å². The first kappa shape index (κ1) is 11.6. The summed E-state index contributed by atoms with van der Waals surface area (Å²) >= 11 is 0. The fourth-order valence-corrected chi connectivity index (χ4v) is 1.28. The third kappa shape index (κ3) is 3.22. The van der Waals surface area contributed by atoms with Gasteiger partial charge in [-0.3, -0.25) is 14.9 Å². The first-order valence-electron chi connectivity index (χ1n) is 3.05. The summed E-state index contributed by atoms with van der Waals surface area (Å²) in [5, 5.41) is 17.6. The van der Waals surface area contributed by atoms with Crippen LogP contribution in [0.5, 0.6) is 0 Å². The maximum atomic E-state index is 10.2. The summed E-state index contributed by atoms with van der Waals surface area (Å²) in [7, 11) is -2.40. The van der Waals surface area contributed by atoms with Gasteiger partial charge in [0.15, 0.2) is 0 Å². The highest BCUT2D eigenvalue weighted by Crippen LogP contribution is 2.04. The molecule has 0 aromatic heterocycles. The number of nitrogens with one attached hydrogen (secondary N) is 1. The largest absolute Gasteiger partial charge is 0.483 e. The Balaban J connectivity index is 0.000000424. The molecule has 0 radical (unpaired) electrons. The molecule has 1 fully saturated rings. The van der Waals surface area contributed by atoms with Gasteiger partial charge < -0.3 is 10.2 Å². The topological polar surface area (TPSA) is 121 Å². The van der Waals surface area contributed by atoms with Crippen LogP contribution in [0.4, 0.5) is 0 Å². The Hall–Kier alpha value is -1.41. The Morgan fingerprint density at radius 3 is 2.15 bits per heavy atom. The molecule has 3 N–H and O–H groups in total. The summed E-state index contributed by atoms with van der Waals surface area (Å²) < 4.78 is 20.3. The molecule has 0 aliphatic carbocycles. The molecule has 7 nitrogen and oxygen atoms in total. The molecule has 0 aromatic carbocycles. The van der Waals surface area contributed by atoms with Crippen LogP contribution in [0, 0.1) is 5.92 Å². The number of rotatable bonds is 1. The second kappa shape index (κ2) is 5.27. The number of hydrogen-bond acceptors (Lipinski definition) is 4. The summed E-state index contributed by atoms with van der Waals surface area (Å²) in [5.41, 5.74) is 0. The predicted octanol–water partition coefficient (Wildman–Crippen LogP) is -2.00. The van der Waals surface area contributed by atoms with Crippen LogP contribution in [-0.4, -0.2) is 42.6 Å². The van der Waals surface area contributed by atoms with Gasteiger partial charge in [-0.2, -0.15) is 8.42 Å². The molecule has 0 amide bonds. The van der Waals surface area contributed by atoms with Gasteiger partial charge in [0.2, 0.25) is 10.3 Å². The van der Waals surface area contributed by atoms with Crippen molar-refractivity contribution >= 4 is 27.7 Å². The minimum absolute atomic E-state index is 0.118. The average molecular weight is 209 g/mol. The van der Waals surface area contributed by atoms with E-state index in [0.29, 0.717) is 0 Å². The normalized spacial score (nSPS) is 19.1. The monoisotopic (exact) mass is 209 g/mol. The van der Waals surface area contributed by atoms with Gasteiger partial charge in [-0.25, -0.2) is 0 Å². The first-order valence-corrected chi connectivity index (χ1v) is 4.12. The maximum absolute atomic E-state index is 10.2. The van der Waals surface area contributed by atoms with E-state index < -0.39 is 22.2 Å². The summed E-state index contributed by atoms with van der Waals surface area (Å²) in [4.78, 5) is 18.4. The van der Waals surface area contributed by atoms with E-state index in [-0.39, 0.29) is 18.0 Å². The minimum atomic E-state index is -2.40. The van der Waals surface area contributed by atoms with Gasteiger partial charge in [0.1, 0.15) is 10.9 Å². The lowest BCUT2D eigenvalue weighted by molar-refractivity contribution is -0.139. The fraction of sp³-hybridized carbons (Fsp3) is 0.400. The van der Waals surface area contributed by atoms with Crippen LogP contribution < -0.4 is 5.32 Å². The van der Waals surface area contributed by atoms with E-state index in [1.165, 1.54) is 0 Å². The summed E-state index contributed by atoms with van der Waals surface area (Å²) in [6.07, 6.45) is 0. The van der Waals surface area contributed by atoms with E-state index in [1.54, 1.807) is 0 Å². The summed E-state index contributed by atoms with van der Waals surface area (Å²) in [5.74, 6) is -1.95. The maximum Gasteiger partial charge on any atom is 0.314 e. The van der Waals surface area contributed by atoms with E-state index >= 15 is 0 Å². The van der Waals surface area contributed by atoms with Crippen LogP contribution in [-0.2, 0) is 19.9 Å². The van der Waals surface area contributed by atoms with Crippen molar-refractivity contribution in [2.24, 2.45) is 5.92 Å². The molecule has 1 unspecified atom stereocenters. The van der Waals surface area contributed by atoms with Crippen LogP contribution in [0.3, 0.4) is 0 Å². The Morgan fingerprint density at radius 1 is 1.62 bits per heavy atom. The first-order chi connectivity index (χ1) is 6.04. The molecule has 1 atom stereocenters. The van der Waals surface area contributed by atoms with Crippen molar-refractivity contribution in [3.8, 4) is 0 Å². The van der Waals surface area contributed by atoms with Crippen molar-refractivity contribution in [1.82, 2.24) is 5.32 Å². The number of carboxylic acids is 1. The molecule has 8 heteroatoms. The molecule has 13 heavy (non-hydrogen) atoms. The lowest BCUT2D eigenvalue weighted by atomic mass is 10.0. The average Bonchev–Trinajstić information content (AvgIpc) is 1.82. The smallest absolute Gasteiger partial charge is 0.314 e. The van der Waals surface area contributed by atoms with Crippen molar-refractivity contribution in [1.29, 1.82) is 0 Å². The molecule has 1 saturated heterocycles. The van der Waals surface area contributed by atoms with Crippen LogP contribution in [0.1, 0.15) is 0 Å². The Morgan fingerprint density at radius 2 is 2.08 bits per heavy atom. The number of carbonyl (C=O) groups is 2. The SMILES string of the molecule is O=C(O)C1CNC1=S(=O)=O.O=CO. The van der Waals surface area contributed by atoms with E-state index in [0.717, 1.165) is 0 Å². The molecule has 0 spiro atoms. The zero-order chi connectivity index (χ0) is 10.4. The van der Waals surface area contributed by atoms with Crippen LogP contribution >= 0.6 is 0 Å². The summed E-state index contributed by atoms with van der Waals surface area (Å²) in [6, 6.07) is 0. The second-order valence-electron chi connectivity index (χ2n) is 1.98. The Labute approximate surface area is 74.5 Å². The van der Waals surface area contributed by atoms with E-state index in [2.05, 4.69) is 5.32 Å². The molecule has 0 saturated carbocycles. The second-order valence-corrected chi connectivity index (χ2v) is 2.89. The third-order valence-corrected chi connectivity index (χ3v) is 2.06. The third-order valence-electron chi connectivity index (χ3n) is 1.27. The van der Waals surface area contributed by atoms with Crippen LogP contribution in [0.2, 0.25) is 0 Å². The van der Waals surface area contributed by atoms with Gasteiger partial charge in [-0.15, -0.1) is 0 Å². The molecular weight excluding hydrogens is 202 g/mol. The molecule has 1 heterocycles. The van der Waals surface area contributed by atoms with Crippen molar-refractivity contribution in [2.75, 3.05) is 6.54 Å². The van der Waals surface area contributed by atoms with E-state index in [4.69, 9.17) is 15.0 Å². The van der Waals surface area contributed by atoms with Crippen molar-refractivity contribution in [3.63, 3.8) is 0 Å². The lowest BCUT2D eigenvalue weighted by Gasteiger charge is -2.22. The van der Waals surface area contributed by atoms with Gasteiger partial charge in [0.25, 0.3) is 6.47 Å². The van der Waals surface area contributed by atoms with Gasteiger partial charge in [0, 0.05) is 6.54 Å². The Kier molecular flexibility index (Phi) is 4.70. The van der Waals surface area contributed by atoms with Crippen LogP contribution in [0.15, 0.2) is 0 Å². The minimum Gasteiger partial charge on any atom is -0.483 e. The molecule has 1 aliphatic rings. The highest BCUT2D eigenvalue weighted by Gasteiger charge is 2.33. The van der Waals surface area contributed by atoms with Gasteiger partial charge >= 0.3 is 5.97 Å². The number of carboxylic acid groups (broad SMARTS) is 2. The molecule has 0 aromatic rings. The standard InChI is InChI=1S/C4H5NO4S.CH2O2/c6-4(7)2-1-5-3(2)10(8)9;2-1-3/h2,5H,1H2,(H,6,7);1H,(H,2,3). The molecule has 1 rings (SSSR count). The molecule has 1 aliphatic heterocycles. The van der Waals surface area contributed by atoms with E-state index in [1.807, 2.05) is 0 Å². The fourth-order valence-electron chi connectivity index (χ4n) is 0.662.